The Morgan fingerprint density at radius 1 is 0.527 bits per heavy atom. The van der Waals surface area contributed by atoms with Crippen molar-refractivity contribution in [3.63, 3.8) is 0 Å². The number of H-pyrrole nitrogens is 1. The van der Waals surface area contributed by atoms with Crippen molar-refractivity contribution in [2.24, 2.45) is 0 Å². The second-order valence-corrected chi connectivity index (χ2v) is 23.2. The van der Waals surface area contributed by atoms with Gasteiger partial charge in [0.1, 0.15) is 51.6 Å². The quantitative estimate of drug-likeness (QED) is 0.0707. The molecule has 0 aliphatic carbocycles. The van der Waals surface area contributed by atoms with Crippen molar-refractivity contribution < 1.29 is 27.4 Å². The monoisotopic (exact) mass is 1230 g/mol. The van der Waals surface area contributed by atoms with E-state index in [4.69, 9.17) is 19.2 Å². The molecule has 0 atom stereocenters. The third-order valence-electron chi connectivity index (χ3n) is 16.6. The van der Waals surface area contributed by atoms with Crippen LogP contribution in [0.1, 0.15) is 74.0 Å². The molecule has 24 heteroatoms. The van der Waals surface area contributed by atoms with Crippen LogP contribution in [0.5, 0.6) is 17.2 Å². The Bertz CT molecular complexity index is 4680. The van der Waals surface area contributed by atoms with E-state index in [-0.39, 0.29) is 17.5 Å². The van der Waals surface area contributed by atoms with E-state index in [2.05, 4.69) is 80.1 Å². The molecule has 0 amide bonds. The Balaban J connectivity index is 0.000000125. The van der Waals surface area contributed by atoms with Gasteiger partial charge in [0.25, 0.3) is 0 Å². The molecule has 15 rings (SSSR count). The fourth-order valence-electron chi connectivity index (χ4n) is 12.2. The first-order valence-corrected chi connectivity index (χ1v) is 30.3. The Kier molecular flexibility index (Phi) is 16.5. The lowest BCUT2D eigenvalue weighted by Crippen LogP contribution is -2.15. The Morgan fingerprint density at radius 2 is 0.989 bits per heavy atom. The van der Waals surface area contributed by atoms with Crippen LogP contribution >= 0.6 is 0 Å². The zero-order chi connectivity index (χ0) is 63.0. The van der Waals surface area contributed by atoms with Crippen molar-refractivity contribution in [1.82, 2.24) is 73.0 Å². The van der Waals surface area contributed by atoms with E-state index < -0.39 is 0 Å². The molecule has 0 radical (unpaired) electrons. The third kappa shape index (κ3) is 12.0. The van der Waals surface area contributed by atoms with Gasteiger partial charge < -0.3 is 35.1 Å². The molecule has 0 saturated carbocycles. The maximum atomic E-state index is 14.5. The number of halogens is 3. The number of nitrogens with zero attached hydrogens (tertiary/aromatic N) is 14. The minimum Gasteiger partial charge on any atom is -0.493 e. The van der Waals surface area contributed by atoms with Crippen LogP contribution in [0.25, 0.3) is 50.3 Å². The number of hydrogen-bond donors (Lipinski definition) is 4. The first kappa shape index (κ1) is 59.6. The number of nitrogens with one attached hydrogen (secondary N) is 4. The number of anilines is 3. The second kappa shape index (κ2) is 25.3. The molecule has 21 nitrogen and oxygen atoms in total. The molecule has 3 aliphatic rings. The van der Waals surface area contributed by atoms with E-state index in [1.807, 2.05) is 103 Å². The summed E-state index contributed by atoms with van der Waals surface area (Å²) < 4.78 is 67.9. The van der Waals surface area contributed by atoms with Gasteiger partial charge in [0, 0.05) is 173 Å². The number of pyridine rings is 1. The number of aromatic amines is 1. The molecule has 0 unspecified atom stereocenters. The zero-order valence-electron chi connectivity index (χ0n) is 51.9. The van der Waals surface area contributed by atoms with Gasteiger partial charge in [-0.3, -0.25) is 28.0 Å². The van der Waals surface area contributed by atoms with Gasteiger partial charge in [-0.05, 0) is 111 Å². The van der Waals surface area contributed by atoms with E-state index in [1.165, 1.54) is 18.2 Å². The zero-order valence-corrected chi connectivity index (χ0v) is 51.9. The van der Waals surface area contributed by atoms with E-state index in [0.717, 1.165) is 151 Å². The summed E-state index contributed by atoms with van der Waals surface area (Å²) in [6, 6.07) is 13.4. The summed E-state index contributed by atoms with van der Waals surface area (Å²) in [5.41, 5.74) is 18.1. The molecular formula is C67H69F3N18O3. The SMILES string of the molecule is Cc1cn2c(NCc3c(F)ccc4c3CCO4)ncc(-c3c(C)n[nH]c3C)c2n1.Cc1cn2c(NCc3c(F)ccc4c3CCO4)ncc(-c3cccnc3C)c2n1.Cc1cn2c(NCc3c(F)ccc4c3CCO4)ncc(-c3cnn(CCCN(C)C)c3)c2n1. The van der Waals surface area contributed by atoms with Crippen molar-refractivity contribution in [3.05, 3.63) is 189 Å². The molecule has 0 bridgehead atoms. The van der Waals surface area contributed by atoms with E-state index in [1.54, 1.807) is 43.0 Å². The molecule has 91 heavy (non-hydrogen) atoms. The molecule has 12 aromatic rings. The number of ether oxygens (including phenoxy) is 3. The number of imidazole rings is 3. The molecule has 3 aliphatic heterocycles. The van der Waals surface area contributed by atoms with Crippen LogP contribution in [0.15, 0.2) is 104 Å². The van der Waals surface area contributed by atoms with Crippen molar-refractivity contribution in [2.45, 2.75) is 93.4 Å². The van der Waals surface area contributed by atoms with Crippen LogP contribution in [-0.2, 0) is 45.4 Å². The van der Waals surface area contributed by atoms with Crippen LogP contribution in [0.4, 0.5) is 31.0 Å². The molecule has 0 saturated heterocycles. The van der Waals surface area contributed by atoms with Gasteiger partial charge in [-0.1, -0.05) is 6.07 Å². The van der Waals surface area contributed by atoms with Gasteiger partial charge in [-0.2, -0.15) is 10.2 Å². The highest BCUT2D eigenvalue weighted by Gasteiger charge is 2.25. The lowest BCUT2D eigenvalue weighted by atomic mass is 10.0. The average Bonchev–Trinajstić information content (AvgIpc) is 1.73. The summed E-state index contributed by atoms with van der Waals surface area (Å²) in [6.45, 7) is 16.3. The van der Waals surface area contributed by atoms with Crippen LogP contribution < -0.4 is 30.2 Å². The van der Waals surface area contributed by atoms with Crippen LogP contribution in [0.3, 0.4) is 0 Å². The summed E-state index contributed by atoms with van der Waals surface area (Å²) >= 11 is 0. The fraction of sp³-hybridized carbons (Fsp3) is 0.299. The summed E-state index contributed by atoms with van der Waals surface area (Å²) in [6.07, 6.45) is 20.0. The van der Waals surface area contributed by atoms with Crippen molar-refractivity contribution in [3.8, 4) is 50.6 Å². The molecule has 0 spiro atoms. The van der Waals surface area contributed by atoms with Gasteiger partial charge in [0.2, 0.25) is 17.8 Å². The first-order valence-electron chi connectivity index (χ1n) is 30.3. The lowest BCUT2D eigenvalue weighted by molar-refractivity contribution is 0.356. The molecule has 466 valence electrons. The number of hydrogen-bond acceptors (Lipinski definition) is 16. The standard InChI is InChI=1S/C24H28FN7O.C22H20FN5O.C21H21FN6O/c1-16-14-32-23(29-16)19(17-11-28-31(15-17)9-4-8-30(2)3)12-26-24(32)27-13-20-18-7-10-33-22(18)6-5-21(20)25;1-13-12-28-21(27-13)18(15-4-3-8-24-14(15)2)11-26-22(28)25-10-17-16-7-9-29-20(16)6-5-19(17)23;1-11-10-28-20(25-11)16(19-12(2)26-27-13(19)3)9-24-21(28)23-8-15-14-6-7-29-18(14)5-4-17(15)22/h5-6,11-12,14-15H,4,7-10,13H2,1-3H3,(H,26,27);3-6,8,11-12H,7,9-10H2,1-2H3,(H,25,26);4-5,9-10H,6-8H2,1-3H3,(H,23,24)(H,26,27). The lowest BCUT2D eigenvalue weighted by Gasteiger charge is -2.13. The number of benzene rings is 3. The summed E-state index contributed by atoms with van der Waals surface area (Å²) in [5, 5.41) is 21.7. The van der Waals surface area contributed by atoms with Gasteiger partial charge in [-0.15, -0.1) is 0 Å². The summed E-state index contributed by atoms with van der Waals surface area (Å²) in [4.78, 5) is 34.5. The van der Waals surface area contributed by atoms with Gasteiger partial charge in [-0.25, -0.2) is 43.1 Å². The smallest absolute Gasteiger partial charge is 0.208 e. The van der Waals surface area contributed by atoms with E-state index >= 15 is 0 Å². The molecule has 12 heterocycles. The number of aromatic nitrogens is 14. The first-order chi connectivity index (χ1) is 44.1. The minimum atomic E-state index is -0.235. The third-order valence-corrected chi connectivity index (χ3v) is 16.6. The normalized spacial score (nSPS) is 12.9. The number of fused-ring (bicyclic) bond motifs is 6. The average molecular weight is 1230 g/mol. The summed E-state index contributed by atoms with van der Waals surface area (Å²) in [7, 11) is 4.14. The van der Waals surface area contributed by atoms with Crippen molar-refractivity contribution >= 4 is 34.8 Å². The molecule has 3 aromatic carbocycles. The number of rotatable bonds is 16. The van der Waals surface area contributed by atoms with Crippen LogP contribution in [-0.4, -0.2) is 113 Å². The molecule has 9 aromatic heterocycles. The van der Waals surface area contributed by atoms with E-state index in [0.29, 0.717) is 80.4 Å². The minimum absolute atomic E-state index is 0.233. The van der Waals surface area contributed by atoms with Gasteiger partial charge in [0.15, 0.2) is 0 Å². The molecule has 0 fully saturated rings. The summed E-state index contributed by atoms with van der Waals surface area (Å²) in [5.74, 6) is 3.43. The predicted molar refractivity (Wildman–Crippen MR) is 341 cm³/mol. The highest BCUT2D eigenvalue weighted by atomic mass is 19.1. The maximum absolute atomic E-state index is 14.5. The Hall–Kier alpha value is -10.4. The second-order valence-electron chi connectivity index (χ2n) is 23.2. The Labute approximate surface area is 522 Å². The highest BCUT2D eigenvalue weighted by molar-refractivity contribution is 5.82. The van der Waals surface area contributed by atoms with E-state index in [9.17, 15) is 13.2 Å². The Morgan fingerprint density at radius 3 is 1.45 bits per heavy atom. The van der Waals surface area contributed by atoms with Crippen LogP contribution in [0.2, 0.25) is 0 Å². The molecule has 4 N–H and O–H groups in total. The van der Waals surface area contributed by atoms with Crippen molar-refractivity contribution in [1.29, 1.82) is 0 Å². The van der Waals surface area contributed by atoms with Gasteiger partial charge >= 0.3 is 0 Å². The van der Waals surface area contributed by atoms with Crippen LogP contribution in [0, 0.1) is 59.0 Å². The predicted octanol–water partition coefficient (Wildman–Crippen LogP) is 11.4. The molecular weight excluding hydrogens is 1160 g/mol. The maximum Gasteiger partial charge on any atom is 0.208 e. The van der Waals surface area contributed by atoms with Crippen molar-refractivity contribution in [2.75, 3.05) is 56.4 Å². The fourth-order valence-corrected chi connectivity index (χ4v) is 12.2. The number of aryl methyl sites for hydroxylation is 7. The van der Waals surface area contributed by atoms with Gasteiger partial charge in [0.05, 0.1) is 48.8 Å². The topological polar surface area (TPSA) is 217 Å². The highest BCUT2D eigenvalue weighted by Crippen LogP contribution is 2.36. The largest absolute Gasteiger partial charge is 0.493 e.